The molecule has 0 bridgehead atoms. The van der Waals surface area contributed by atoms with Gasteiger partial charge in [-0.2, -0.15) is 0 Å². The first-order chi connectivity index (χ1) is 24.8. The predicted octanol–water partition coefficient (Wildman–Crippen LogP) is 14.1. The summed E-state index contributed by atoms with van der Waals surface area (Å²) in [6, 6.07) is 13.0. The van der Waals surface area contributed by atoms with Gasteiger partial charge in [-0.1, -0.05) is 178 Å². The van der Waals surface area contributed by atoms with Gasteiger partial charge in [0.25, 0.3) is 0 Å². The third-order valence-electron chi connectivity index (χ3n) is 9.38. The molecule has 0 fully saturated rings. The summed E-state index contributed by atoms with van der Waals surface area (Å²) >= 11 is 0. The smallest absolute Gasteiger partial charge is 0.133 e. The minimum Gasteiger partial charge on any atom is -0.261 e. The van der Waals surface area contributed by atoms with Crippen molar-refractivity contribution in [2.24, 2.45) is 0 Å². The second-order valence-corrected chi connectivity index (χ2v) is 23.6. The largest absolute Gasteiger partial charge is 0.261 e. The van der Waals surface area contributed by atoms with Crippen molar-refractivity contribution in [1.82, 2.24) is 24.9 Å². The van der Waals surface area contributed by atoms with Crippen molar-refractivity contribution in [1.29, 1.82) is 0 Å². The molecule has 0 aliphatic rings. The van der Waals surface area contributed by atoms with E-state index in [4.69, 9.17) is 0 Å². The van der Waals surface area contributed by atoms with Gasteiger partial charge in [0.15, 0.2) is 0 Å². The Morgan fingerprint density at radius 1 is 0.268 bits per heavy atom. The van der Waals surface area contributed by atoms with E-state index in [1.165, 1.54) is 27.9 Å². The van der Waals surface area contributed by atoms with Crippen LogP contribution < -0.4 is 0 Å². The van der Waals surface area contributed by atoms with Gasteiger partial charge in [-0.15, -0.1) is 0 Å². The molecule has 0 saturated heterocycles. The lowest BCUT2D eigenvalue weighted by Gasteiger charge is -2.23. The Balaban J connectivity index is 0.000000373. The Labute approximate surface area is 345 Å². The highest BCUT2D eigenvalue weighted by molar-refractivity contribution is 5.27. The second kappa shape index (κ2) is 18.4. The first-order valence-electron chi connectivity index (χ1n) is 20.6. The fourth-order valence-electron chi connectivity index (χ4n) is 4.97. The number of hydrogen-bond donors (Lipinski definition) is 0. The van der Waals surface area contributed by atoms with Gasteiger partial charge in [-0.3, -0.25) is 15.0 Å². The zero-order chi connectivity index (χ0) is 43.9. The molecule has 4 aromatic rings. The van der Waals surface area contributed by atoms with Crippen molar-refractivity contribution in [2.45, 2.75) is 209 Å². The molecule has 5 nitrogen and oxygen atoms in total. The number of hydrogen-bond acceptors (Lipinski definition) is 5. The average Bonchev–Trinajstić information content (AvgIpc) is 3.03. The van der Waals surface area contributed by atoms with Gasteiger partial charge in [0.2, 0.25) is 0 Å². The van der Waals surface area contributed by atoms with Crippen molar-refractivity contribution in [3.8, 4) is 0 Å². The Morgan fingerprint density at radius 3 is 0.839 bits per heavy atom. The highest BCUT2D eigenvalue weighted by atomic mass is 14.9. The molecular formula is C51H83N5. The van der Waals surface area contributed by atoms with Crippen LogP contribution >= 0.6 is 0 Å². The van der Waals surface area contributed by atoms with Crippen molar-refractivity contribution >= 4 is 0 Å². The maximum atomic E-state index is 4.52. The van der Waals surface area contributed by atoms with Gasteiger partial charge in [0, 0.05) is 69.7 Å². The van der Waals surface area contributed by atoms with Gasteiger partial charge in [-0.05, 0) is 68.2 Å². The summed E-state index contributed by atoms with van der Waals surface area (Å²) in [6.45, 7) is 52.5. The Kier molecular flexibility index (Phi) is 16.6. The zero-order valence-electron chi connectivity index (χ0n) is 40.6. The standard InChI is InChI=1S/3C13H21N.C12H20N2/c1-12(2,3)10-7-8-14-11(9-10)13(4,5)6;2*1-12(2,3)10-7-8-11(14-9-10)13(4,5)6;1-11(2,3)9-7-13-10(14-8-9)12(4,5)6/h3*7-9H,1-6H3;7-8H,1-6H3. The van der Waals surface area contributed by atoms with Crippen LogP contribution in [0, 0.1) is 0 Å². The molecule has 0 saturated carbocycles. The summed E-state index contributed by atoms with van der Waals surface area (Å²) in [5, 5.41) is 0. The third-order valence-corrected chi connectivity index (χ3v) is 9.38. The Morgan fingerprint density at radius 2 is 0.589 bits per heavy atom. The third kappa shape index (κ3) is 17.3. The summed E-state index contributed by atoms with van der Waals surface area (Å²) < 4.78 is 0. The van der Waals surface area contributed by atoms with E-state index < -0.39 is 0 Å². The number of pyridine rings is 3. The van der Waals surface area contributed by atoms with Crippen LogP contribution in [0.1, 0.15) is 211 Å². The van der Waals surface area contributed by atoms with Crippen LogP contribution in [0.3, 0.4) is 0 Å². The van der Waals surface area contributed by atoms with Gasteiger partial charge in [-0.25, -0.2) is 9.97 Å². The molecule has 56 heavy (non-hydrogen) atoms. The van der Waals surface area contributed by atoms with Gasteiger partial charge in [0.1, 0.15) is 5.82 Å². The molecule has 4 aromatic heterocycles. The maximum absolute atomic E-state index is 4.52. The fourth-order valence-corrected chi connectivity index (χ4v) is 4.97. The monoisotopic (exact) mass is 766 g/mol. The van der Waals surface area contributed by atoms with Crippen LogP contribution in [0.25, 0.3) is 0 Å². The summed E-state index contributed by atoms with van der Waals surface area (Å²) in [5.41, 5.74) is 9.84. The number of rotatable bonds is 0. The van der Waals surface area contributed by atoms with E-state index in [0.717, 1.165) is 17.2 Å². The predicted molar refractivity (Wildman–Crippen MR) is 244 cm³/mol. The lowest BCUT2D eigenvalue weighted by Crippen LogP contribution is -2.18. The molecule has 0 aliphatic heterocycles. The molecule has 0 spiro atoms. The van der Waals surface area contributed by atoms with E-state index in [9.17, 15) is 0 Å². The molecule has 0 unspecified atom stereocenters. The normalized spacial score (nSPS) is 13.0. The lowest BCUT2D eigenvalue weighted by atomic mass is 9.84. The van der Waals surface area contributed by atoms with Crippen molar-refractivity contribution in [2.75, 3.05) is 0 Å². The molecular weight excluding hydrogens is 683 g/mol. The van der Waals surface area contributed by atoms with Crippen molar-refractivity contribution < 1.29 is 0 Å². The molecule has 5 heteroatoms. The molecule has 0 aliphatic carbocycles. The van der Waals surface area contributed by atoms with E-state index in [-0.39, 0.29) is 43.3 Å². The fraction of sp³-hybridized carbons (Fsp3) is 0.627. The summed E-state index contributed by atoms with van der Waals surface area (Å²) in [5.74, 6) is 0.908. The van der Waals surface area contributed by atoms with E-state index in [2.05, 4.69) is 227 Å². The molecule has 0 N–H and O–H groups in total. The van der Waals surface area contributed by atoms with E-state index in [0.29, 0.717) is 0 Å². The van der Waals surface area contributed by atoms with Crippen LogP contribution in [0.2, 0.25) is 0 Å². The van der Waals surface area contributed by atoms with E-state index in [1.54, 1.807) is 0 Å². The minimum atomic E-state index is 0.0381. The zero-order valence-corrected chi connectivity index (χ0v) is 40.6. The highest BCUT2D eigenvalue weighted by Crippen LogP contribution is 2.28. The average molecular weight is 766 g/mol. The molecule has 4 rings (SSSR count). The Bertz CT molecular complexity index is 1450. The Hall–Kier alpha value is -3.47. The second-order valence-electron chi connectivity index (χ2n) is 23.6. The molecule has 0 amide bonds. The summed E-state index contributed by atoms with van der Waals surface area (Å²) in [4.78, 5) is 22.3. The first-order valence-corrected chi connectivity index (χ1v) is 20.6. The van der Waals surface area contributed by atoms with Gasteiger partial charge >= 0.3 is 0 Å². The number of aromatic nitrogens is 5. The first kappa shape index (κ1) is 50.5. The number of nitrogens with zero attached hydrogens (tertiary/aromatic N) is 5. The summed E-state index contributed by atoms with van der Waals surface area (Å²) in [6.07, 6.45) is 9.80. The quantitative estimate of drug-likeness (QED) is 0.178. The molecule has 0 aromatic carbocycles. The van der Waals surface area contributed by atoms with Crippen LogP contribution in [0.4, 0.5) is 0 Å². The van der Waals surface area contributed by atoms with E-state index >= 15 is 0 Å². The lowest BCUT2D eigenvalue weighted by molar-refractivity contribution is 0.532. The van der Waals surface area contributed by atoms with Gasteiger partial charge in [0.05, 0.1) is 0 Å². The van der Waals surface area contributed by atoms with Crippen molar-refractivity contribution in [3.05, 3.63) is 113 Å². The summed E-state index contributed by atoms with van der Waals surface area (Å²) in [7, 11) is 0. The minimum absolute atomic E-state index is 0.0381. The molecule has 4 heterocycles. The molecule has 0 radical (unpaired) electrons. The molecule has 0 atom stereocenters. The molecule has 312 valence electrons. The SMILES string of the molecule is CC(C)(C)c1ccc(C(C)(C)C)nc1.CC(C)(C)c1ccc(C(C)(C)C)nc1.CC(C)(C)c1ccnc(C(C)(C)C)c1.CC(C)(C)c1cnc(C(C)(C)C)nc1. The van der Waals surface area contributed by atoms with Crippen LogP contribution in [0.15, 0.2) is 67.4 Å². The van der Waals surface area contributed by atoms with E-state index in [1.807, 2.05) is 31.0 Å². The highest BCUT2D eigenvalue weighted by Gasteiger charge is 2.22. The van der Waals surface area contributed by atoms with Gasteiger partial charge < -0.3 is 0 Å². The topological polar surface area (TPSA) is 64.5 Å². The van der Waals surface area contributed by atoms with Crippen molar-refractivity contribution in [3.63, 3.8) is 0 Å². The van der Waals surface area contributed by atoms with Crippen LogP contribution in [0.5, 0.6) is 0 Å². The maximum Gasteiger partial charge on any atom is 0.133 e. The van der Waals surface area contributed by atoms with Crippen LogP contribution in [-0.2, 0) is 43.3 Å². The van der Waals surface area contributed by atoms with Crippen LogP contribution in [-0.4, -0.2) is 24.9 Å².